The van der Waals surface area contributed by atoms with E-state index in [0.717, 1.165) is 23.1 Å². The molecule has 0 aliphatic rings. The summed E-state index contributed by atoms with van der Waals surface area (Å²) < 4.78 is 5.84. The van der Waals surface area contributed by atoms with Crippen LogP contribution in [0, 0.1) is 0 Å². The lowest BCUT2D eigenvalue weighted by Gasteiger charge is -2.22. The van der Waals surface area contributed by atoms with E-state index in [-0.39, 0.29) is 5.41 Å². The number of benzene rings is 2. The molecule has 0 spiro atoms. The highest BCUT2D eigenvalue weighted by Gasteiger charge is 2.19. The normalized spacial score (nSPS) is 11.9. The molecule has 0 fully saturated rings. The first-order valence-electron chi connectivity index (χ1n) is 7.06. The Kier molecular flexibility index (Phi) is 3.09. The lowest BCUT2D eigenvalue weighted by Crippen LogP contribution is -2.14. The summed E-state index contributed by atoms with van der Waals surface area (Å²) in [4.78, 5) is 4.62. The number of hydrogen-bond donors (Lipinski definition) is 0. The summed E-state index contributed by atoms with van der Waals surface area (Å²) in [6.07, 6.45) is 1.10. The second-order valence-corrected chi connectivity index (χ2v) is 5.80. The van der Waals surface area contributed by atoms with Gasteiger partial charge in [0.05, 0.1) is 0 Å². The van der Waals surface area contributed by atoms with Crippen LogP contribution < -0.4 is 0 Å². The molecule has 3 aromatic rings. The highest BCUT2D eigenvalue weighted by molar-refractivity contribution is 5.77. The van der Waals surface area contributed by atoms with Gasteiger partial charge in [-0.2, -0.15) is 0 Å². The quantitative estimate of drug-likeness (QED) is 0.652. The zero-order valence-electron chi connectivity index (χ0n) is 12.2. The summed E-state index contributed by atoms with van der Waals surface area (Å²) in [5.74, 6) is 0.687. The summed E-state index contributed by atoms with van der Waals surface area (Å²) in [5, 5.41) is 0. The molecule has 20 heavy (non-hydrogen) atoms. The van der Waals surface area contributed by atoms with Crippen LogP contribution in [0.2, 0.25) is 0 Å². The van der Waals surface area contributed by atoms with Crippen molar-refractivity contribution in [3.63, 3.8) is 0 Å². The van der Waals surface area contributed by atoms with E-state index in [4.69, 9.17) is 4.42 Å². The first-order chi connectivity index (χ1) is 9.60. The number of hydrogen-bond acceptors (Lipinski definition) is 2. The molecule has 1 aromatic heterocycles. The molecule has 0 radical (unpaired) electrons. The van der Waals surface area contributed by atoms with Crippen LogP contribution in [0.25, 0.3) is 22.6 Å². The SMILES string of the molecule is CCC(C)(C)c1ccc2oc(-c3ccccc3)nc2c1. The van der Waals surface area contributed by atoms with Crippen molar-refractivity contribution in [1.82, 2.24) is 4.98 Å². The first-order valence-corrected chi connectivity index (χ1v) is 7.06. The average Bonchev–Trinajstić information content (AvgIpc) is 2.91. The second-order valence-electron chi connectivity index (χ2n) is 5.80. The van der Waals surface area contributed by atoms with Gasteiger partial charge in [0.2, 0.25) is 5.89 Å². The van der Waals surface area contributed by atoms with Gasteiger partial charge in [-0.25, -0.2) is 4.98 Å². The molecule has 102 valence electrons. The number of rotatable bonds is 3. The topological polar surface area (TPSA) is 26.0 Å². The highest BCUT2D eigenvalue weighted by atomic mass is 16.3. The van der Waals surface area contributed by atoms with E-state index in [2.05, 4.69) is 37.9 Å². The van der Waals surface area contributed by atoms with Gasteiger partial charge in [0.25, 0.3) is 0 Å². The smallest absolute Gasteiger partial charge is 0.227 e. The molecule has 0 amide bonds. The number of aromatic nitrogens is 1. The molecular weight excluding hydrogens is 246 g/mol. The van der Waals surface area contributed by atoms with Crippen molar-refractivity contribution >= 4 is 11.1 Å². The van der Waals surface area contributed by atoms with E-state index < -0.39 is 0 Å². The largest absolute Gasteiger partial charge is 0.436 e. The van der Waals surface area contributed by atoms with Crippen LogP contribution in [0.3, 0.4) is 0 Å². The van der Waals surface area contributed by atoms with Crippen LogP contribution in [-0.4, -0.2) is 4.98 Å². The minimum absolute atomic E-state index is 0.167. The van der Waals surface area contributed by atoms with E-state index in [0.29, 0.717) is 5.89 Å². The summed E-state index contributed by atoms with van der Waals surface area (Å²) in [6.45, 7) is 6.72. The number of nitrogens with zero attached hydrogens (tertiary/aromatic N) is 1. The Balaban J connectivity index is 2.09. The van der Waals surface area contributed by atoms with Crippen LogP contribution >= 0.6 is 0 Å². The highest BCUT2D eigenvalue weighted by Crippen LogP contribution is 2.31. The molecule has 3 rings (SSSR count). The van der Waals surface area contributed by atoms with Gasteiger partial charge in [-0.1, -0.05) is 45.0 Å². The predicted octanol–water partition coefficient (Wildman–Crippen LogP) is 5.18. The van der Waals surface area contributed by atoms with Gasteiger partial charge < -0.3 is 4.42 Å². The van der Waals surface area contributed by atoms with Crippen molar-refractivity contribution in [3.05, 3.63) is 54.1 Å². The minimum Gasteiger partial charge on any atom is -0.436 e. The van der Waals surface area contributed by atoms with Gasteiger partial charge >= 0.3 is 0 Å². The minimum atomic E-state index is 0.167. The molecule has 0 aliphatic carbocycles. The molecule has 0 atom stereocenters. The van der Waals surface area contributed by atoms with Gasteiger partial charge in [-0.15, -0.1) is 0 Å². The van der Waals surface area contributed by atoms with Gasteiger partial charge in [0.1, 0.15) is 5.52 Å². The van der Waals surface area contributed by atoms with Gasteiger partial charge in [0.15, 0.2) is 5.58 Å². The Labute approximate surface area is 119 Å². The maximum Gasteiger partial charge on any atom is 0.227 e. The van der Waals surface area contributed by atoms with Crippen molar-refractivity contribution in [2.24, 2.45) is 0 Å². The fourth-order valence-electron chi connectivity index (χ4n) is 2.26. The Morgan fingerprint density at radius 1 is 1.05 bits per heavy atom. The van der Waals surface area contributed by atoms with Crippen molar-refractivity contribution in [2.45, 2.75) is 32.6 Å². The van der Waals surface area contributed by atoms with Gasteiger partial charge in [-0.3, -0.25) is 0 Å². The Morgan fingerprint density at radius 3 is 2.50 bits per heavy atom. The zero-order valence-corrected chi connectivity index (χ0v) is 12.2. The van der Waals surface area contributed by atoms with Crippen LogP contribution in [-0.2, 0) is 5.41 Å². The zero-order chi connectivity index (χ0) is 14.2. The Morgan fingerprint density at radius 2 is 1.80 bits per heavy atom. The standard InChI is InChI=1S/C18H19NO/c1-4-18(2,3)14-10-11-16-15(12-14)19-17(20-16)13-8-6-5-7-9-13/h5-12H,4H2,1-3H3. The van der Waals surface area contributed by atoms with Crippen molar-refractivity contribution in [3.8, 4) is 11.5 Å². The third-order valence-corrected chi connectivity index (χ3v) is 4.07. The molecule has 0 bridgehead atoms. The number of fused-ring (bicyclic) bond motifs is 1. The first kappa shape index (κ1) is 12.9. The van der Waals surface area contributed by atoms with Crippen LogP contribution in [0.5, 0.6) is 0 Å². The van der Waals surface area contributed by atoms with Crippen LogP contribution in [0.15, 0.2) is 52.9 Å². The van der Waals surface area contributed by atoms with Gasteiger partial charge in [-0.05, 0) is 41.7 Å². The second kappa shape index (κ2) is 4.78. The van der Waals surface area contributed by atoms with E-state index in [1.807, 2.05) is 36.4 Å². The maximum absolute atomic E-state index is 5.84. The van der Waals surface area contributed by atoms with Crippen LogP contribution in [0.4, 0.5) is 0 Å². The Hall–Kier alpha value is -2.09. The molecule has 2 aromatic carbocycles. The van der Waals surface area contributed by atoms with E-state index in [1.54, 1.807) is 0 Å². The molecule has 0 unspecified atom stereocenters. The molecule has 2 heteroatoms. The molecule has 0 saturated heterocycles. The molecule has 2 nitrogen and oxygen atoms in total. The van der Waals surface area contributed by atoms with E-state index in [1.165, 1.54) is 5.56 Å². The van der Waals surface area contributed by atoms with E-state index >= 15 is 0 Å². The monoisotopic (exact) mass is 265 g/mol. The van der Waals surface area contributed by atoms with Gasteiger partial charge in [0, 0.05) is 5.56 Å². The van der Waals surface area contributed by atoms with Crippen molar-refractivity contribution < 1.29 is 4.42 Å². The van der Waals surface area contributed by atoms with Crippen LogP contribution in [0.1, 0.15) is 32.8 Å². The van der Waals surface area contributed by atoms with E-state index in [9.17, 15) is 0 Å². The molecule has 0 N–H and O–H groups in total. The fraction of sp³-hybridized carbons (Fsp3) is 0.278. The van der Waals surface area contributed by atoms with Crippen molar-refractivity contribution in [2.75, 3.05) is 0 Å². The third-order valence-electron chi connectivity index (χ3n) is 4.07. The molecule has 0 saturated carbocycles. The third kappa shape index (κ3) is 2.22. The lowest BCUT2D eigenvalue weighted by atomic mass is 9.82. The number of oxazole rings is 1. The lowest BCUT2D eigenvalue weighted by molar-refractivity contribution is 0.506. The summed E-state index contributed by atoms with van der Waals surface area (Å²) in [5.41, 5.74) is 4.27. The molecule has 0 aliphatic heterocycles. The predicted molar refractivity (Wildman–Crippen MR) is 82.8 cm³/mol. The Bertz CT molecular complexity index is 726. The average molecular weight is 265 g/mol. The maximum atomic E-state index is 5.84. The van der Waals surface area contributed by atoms with Crippen molar-refractivity contribution in [1.29, 1.82) is 0 Å². The molecular formula is C18H19NO. The molecule has 1 heterocycles. The summed E-state index contributed by atoms with van der Waals surface area (Å²) in [6, 6.07) is 16.3. The fourth-order valence-corrected chi connectivity index (χ4v) is 2.26. The summed E-state index contributed by atoms with van der Waals surface area (Å²) >= 11 is 0. The summed E-state index contributed by atoms with van der Waals surface area (Å²) in [7, 11) is 0.